The van der Waals surface area contributed by atoms with Gasteiger partial charge in [0.2, 0.25) is 11.8 Å². The molecule has 1 atom stereocenters. The maximum absolute atomic E-state index is 14.4. The fourth-order valence-corrected chi connectivity index (χ4v) is 5.35. The second-order valence-corrected chi connectivity index (χ2v) is 11.7. The van der Waals surface area contributed by atoms with E-state index in [9.17, 15) is 17.9 Å². The lowest BCUT2D eigenvalue weighted by Gasteiger charge is -2.22. The Kier molecular flexibility index (Phi) is 8.52. The summed E-state index contributed by atoms with van der Waals surface area (Å²) in [6, 6.07) is 10.4. The number of nitrogens with one attached hydrogen (secondary N) is 3. The molecule has 0 spiro atoms. The van der Waals surface area contributed by atoms with Gasteiger partial charge in [0.15, 0.2) is 9.84 Å². The van der Waals surface area contributed by atoms with Crippen molar-refractivity contribution in [3.8, 4) is 11.3 Å². The van der Waals surface area contributed by atoms with E-state index in [1.165, 1.54) is 36.7 Å². The van der Waals surface area contributed by atoms with Crippen LogP contribution >= 0.6 is 0 Å². The maximum atomic E-state index is 14.4. The quantitative estimate of drug-likeness (QED) is 0.245. The average molecular weight is 528 g/mol. The topological polar surface area (TPSA) is 149 Å². The molecule has 9 nitrogen and oxygen atoms in total. The predicted molar refractivity (Wildman–Crippen MR) is 139 cm³/mol. The Morgan fingerprint density at radius 2 is 1.81 bits per heavy atom. The molecule has 11 heteroatoms. The number of halogens is 1. The van der Waals surface area contributed by atoms with Gasteiger partial charge in [0, 0.05) is 12.1 Å². The third kappa shape index (κ3) is 7.03. The highest BCUT2D eigenvalue weighted by molar-refractivity contribution is 7.92. The van der Waals surface area contributed by atoms with E-state index in [1.54, 1.807) is 46.0 Å². The molecule has 0 bridgehead atoms. The Bertz CT molecular complexity index is 1400. The van der Waals surface area contributed by atoms with E-state index in [0.29, 0.717) is 23.4 Å². The molecule has 1 aromatic heterocycles. The van der Waals surface area contributed by atoms with Gasteiger partial charge in [-0.15, -0.1) is 0 Å². The SMILES string of the molecule is CNCc1ccc(C(=N)OC(=N)c2cncc(-c3ccc(S(=O)(=O)C(C)CC(C)(C)O)cc3)n2)c(F)c1. The molecule has 0 radical (unpaired) electrons. The van der Waals surface area contributed by atoms with Crippen LogP contribution in [-0.4, -0.2) is 53.2 Å². The monoisotopic (exact) mass is 527 g/mol. The number of aromatic nitrogens is 2. The van der Waals surface area contributed by atoms with E-state index >= 15 is 0 Å². The van der Waals surface area contributed by atoms with Crippen molar-refractivity contribution in [3.05, 3.63) is 77.5 Å². The minimum Gasteiger partial charge on any atom is -0.419 e. The molecule has 196 valence electrons. The predicted octanol–water partition coefficient (Wildman–Crippen LogP) is 3.69. The Morgan fingerprint density at radius 1 is 1.14 bits per heavy atom. The molecule has 0 saturated carbocycles. The summed E-state index contributed by atoms with van der Waals surface area (Å²) in [7, 11) is -1.91. The number of ether oxygens (including phenoxy) is 1. The van der Waals surface area contributed by atoms with Crippen LogP contribution in [0.1, 0.15) is 44.0 Å². The first kappa shape index (κ1) is 28.0. The Hall–Kier alpha value is -3.54. The second-order valence-electron chi connectivity index (χ2n) is 9.29. The van der Waals surface area contributed by atoms with Crippen LogP contribution in [-0.2, 0) is 21.1 Å². The van der Waals surface area contributed by atoms with Crippen molar-refractivity contribution < 1.29 is 22.7 Å². The smallest absolute Gasteiger partial charge is 0.241 e. The number of rotatable bonds is 9. The van der Waals surface area contributed by atoms with Gasteiger partial charge in [-0.3, -0.25) is 15.8 Å². The number of hydrogen-bond donors (Lipinski definition) is 4. The van der Waals surface area contributed by atoms with Crippen molar-refractivity contribution in [1.29, 1.82) is 10.8 Å². The molecule has 0 saturated heterocycles. The van der Waals surface area contributed by atoms with Crippen molar-refractivity contribution in [2.45, 2.75) is 49.5 Å². The first-order valence-electron chi connectivity index (χ1n) is 11.5. The van der Waals surface area contributed by atoms with Crippen molar-refractivity contribution in [3.63, 3.8) is 0 Å². The lowest BCUT2D eigenvalue weighted by Crippen LogP contribution is -2.29. The summed E-state index contributed by atoms with van der Waals surface area (Å²) in [6.45, 7) is 5.15. The van der Waals surface area contributed by atoms with Crippen molar-refractivity contribution in [1.82, 2.24) is 15.3 Å². The highest BCUT2D eigenvalue weighted by Crippen LogP contribution is 2.25. The largest absolute Gasteiger partial charge is 0.419 e. The summed E-state index contributed by atoms with van der Waals surface area (Å²) in [6.07, 6.45) is 2.82. The molecule has 0 aliphatic carbocycles. The van der Waals surface area contributed by atoms with Crippen LogP contribution in [0.3, 0.4) is 0 Å². The molecule has 3 rings (SSSR count). The molecule has 0 fully saturated rings. The van der Waals surface area contributed by atoms with E-state index in [-0.39, 0.29) is 22.6 Å². The zero-order valence-corrected chi connectivity index (χ0v) is 21.9. The molecule has 37 heavy (non-hydrogen) atoms. The zero-order valence-electron chi connectivity index (χ0n) is 21.0. The van der Waals surface area contributed by atoms with E-state index in [2.05, 4.69) is 15.3 Å². The van der Waals surface area contributed by atoms with Gasteiger partial charge in [-0.25, -0.2) is 17.8 Å². The van der Waals surface area contributed by atoms with Gasteiger partial charge < -0.3 is 15.2 Å². The van der Waals surface area contributed by atoms with Crippen LogP contribution in [0.25, 0.3) is 11.3 Å². The van der Waals surface area contributed by atoms with Gasteiger partial charge in [-0.05, 0) is 64.1 Å². The molecular weight excluding hydrogens is 497 g/mol. The summed E-state index contributed by atoms with van der Waals surface area (Å²) in [4.78, 5) is 8.52. The fourth-order valence-electron chi connectivity index (χ4n) is 3.74. The zero-order chi connectivity index (χ0) is 27.4. The van der Waals surface area contributed by atoms with Gasteiger partial charge in [-0.2, -0.15) is 0 Å². The molecule has 1 unspecified atom stereocenters. The van der Waals surface area contributed by atoms with Crippen LogP contribution in [0.2, 0.25) is 0 Å². The normalized spacial score (nSPS) is 12.7. The first-order valence-corrected chi connectivity index (χ1v) is 13.0. The van der Waals surface area contributed by atoms with Crippen molar-refractivity contribution in [2.75, 3.05) is 7.05 Å². The lowest BCUT2D eigenvalue weighted by atomic mass is 10.0. The highest BCUT2D eigenvalue weighted by atomic mass is 32.2. The number of benzene rings is 2. The molecule has 0 aliphatic heterocycles. The van der Waals surface area contributed by atoms with Crippen molar-refractivity contribution in [2.24, 2.45) is 0 Å². The molecule has 0 amide bonds. The third-order valence-electron chi connectivity index (χ3n) is 5.53. The standard InChI is InChI=1S/C26H30FN5O4S/c1-16(12-26(2,3)33)37(34,35)19-8-6-18(7-9-19)22-14-31-15-23(32-22)25(29)36-24(28)20-10-5-17(13-30-4)11-21(20)27/h5-11,14-16,28-30,33H,12-13H2,1-4H3. The molecule has 0 aliphatic rings. The summed E-state index contributed by atoms with van der Waals surface area (Å²) in [5, 5.41) is 28.4. The van der Waals surface area contributed by atoms with Gasteiger partial charge in [0.25, 0.3) is 0 Å². The highest BCUT2D eigenvalue weighted by Gasteiger charge is 2.28. The van der Waals surface area contributed by atoms with Crippen LogP contribution < -0.4 is 5.32 Å². The summed E-state index contributed by atoms with van der Waals surface area (Å²) < 4.78 is 45.4. The summed E-state index contributed by atoms with van der Waals surface area (Å²) in [5.41, 5.74) is 0.420. The minimum absolute atomic E-state index is 0.0185. The van der Waals surface area contributed by atoms with Gasteiger partial charge in [0.05, 0.1) is 39.4 Å². The Labute approximate surface area is 215 Å². The minimum atomic E-state index is -3.65. The van der Waals surface area contributed by atoms with Crippen LogP contribution in [0.15, 0.2) is 59.8 Å². The second kappa shape index (κ2) is 11.2. The van der Waals surface area contributed by atoms with E-state index in [4.69, 9.17) is 15.6 Å². The fraction of sp³-hybridized carbons (Fsp3) is 0.308. The molecule has 2 aromatic carbocycles. The lowest BCUT2D eigenvalue weighted by molar-refractivity contribution is 0.0710. The van der Waals surface area contributed by atoms with Crippen LogP contribution in [0.4, 0.5) is 4.39 Å². The Morgan fingerprint density at radius 3 is 2.41 bits per heavy atom. The summed E-state index contributed by atoms with van der Waals surface area (Å²) in [5.74, 6) is -1.67. The Balaban J connectivity index is 1.76. The van der Waals surface area contributed by atoms with Gasteiger partial charge >= 0.3 is 0 Å². The third-order valence-corrected chi connectivity index (χ3v) is 7.68. The van der Waals surface area contributed by atoms with E-state index < -0.39 is 38.3 Å². The van der Waals surface area contributed by atoms with Crippen LogP contribution in [0, 0.1) is 16.6 Å². The number of hydrogen-bond acceptors (Lipinski definition) is 9. The summed E-state index contributed by atoms with van der Waals surface area (Å²) >= 11 is 0. The van der Waals surface area contributed by atoms with E-state index in [1.807, 2.05) is 0 Å². The van der Waals surface area contributed by atoms with Crippen molar-refractivity contribution >= 4 is 21.6 Å². The van der Waals surface area contributed by atoms with Gasteiger partial charge in [0.1, 0.15) is 11.5 Å². The number of aliphatic hydroxyl groups is 1. The molecule has 3 aromatic rings. The van der Waals surface area contributed by atoms with Crippen LogP contribution in [0.5, 0.6) is 0 Å². The van der Waals surface area contributed by atoms with Gasteiger partial charge in [-0.1, -0.05) is 18.2 Å². The number of nitrogens with zero attached hydrogens (tertiary/aromatic N) is 2. The maximum Gasteiger partial charge on any atom is 0.241 e. The molecule has 4 N–H and O–H groups in total. The van der Waals surface area contributed by atoms with E-state index in [0.717, 1.165) is 0 Å². The molecular formula is C26H30FN5O4S. The average Bonchev–Trinajstić information content (AvgIpc) is 2.83. The first-order chi connectivity index (χ1) is 17.3. The molecule has 1 heterocycles. The number of sulfone groups is 1.